The summed E-state index contributed by atoms with van der Waals surface area (Å²) < 4.78 is 5.84. The van der Waals surface area contributed by atoms with Gasteiger partial charge in [-0.05, 0) is 30.5 Å². The topological polar surface area (TPSA) is 47.0 Å². The lowest BCUT2D eigenvalue weighted by Crippen LogP contribution is -2.08. The Labute approximate surface area is 130 Å². The number of halogens is 1. The van der Waals surface area contributed by atoms with Crippen LogP contribution in [-0.2, 0) is 13.0 Å². The van der Waals surface area contributed by atoms with E-state index in [0.717, 1.165) is 41.4 Å². The van der Waals surface area contributed by atoms with Crippen molar-refractivity contribution in [2.75, 3.05) is 11.9 Å². The molecule has 0 amide bonds. The molecular weight excluding hydrogens is 286 g/mol. The van der Waals surface area contributed by atoms with Gasteiger partial charge in [-0.3, -0.25) is 0 Å². The molecule has 0 unspecified atom stereocenters. The molecule has 0 atom stereocenters. The van der Waals surface area contributed by atoms with Crippen LogP contribution in [0.5, 0.6) is 5.88 Å². The van der Waals surface area contributed by atoms with Crippen molar-refractivity contribution in [3.8, 4) is 5.88 Å². The number of ether oxygens (including phenoxy) is 1. The van der Waals surface area contributed by atoms with E-state index in [9.17, 15) is 0 Å². The summed E-state index contributed by atoms with van der Waals surface area (Å²) in [5.41, 5.74) is 2.07. The van der Waals surface area contributed by atoms with Gasteiger partial charge in [0.25, 0.3) is 0 Å². The molecule has 4 nitrogen and oxygen atoms in total. The summed E-state index contributed by atoms with van der Waals surface area (Å²) in [5.74, 6) is 1.50. The highest BCUT2D eigenvalue weighted by atomic mass is 35.5. The second kappa shape index (κ2) is 7.84. The van der Waals surface area contributed by atoms with Gasteiger partial charge in [0.15, 0.2) is 0 Å². The molecule has 0 spiro atoms. The second-order valence-electron chi connectivity index (χ2n) is 4.70. The lowest BCUT2D eigenvalue weighted by molar-refractivity contribution is 0.290. The van der Waals surface area contributed by atoms with Crippen molar-refractivity contribution in [1.29, 1.82) is 0 Å². The van der Waals surface area contributed by atoms with Gasteiger partial charge < -0.3 is 10.1 Å². The first kappa shape index (κ1) is 15.6. The minimum atomic E-state index is 0.467. The van der Waals surface area contributed by atoms with E-state index in [1.54, 1.807) is 0 Å². The first-order valence-electron chi connectivity index (χ1n) is 7.19. The molecular formula is C16H20ClN3O. The minimum absolute atomic E-state index is 0.467. The Morgan fingerprint density at radius 3 is 2.57 bits per heavy atom. The fourth-order valence-electron chi connectivity index (χ4n) is 1.97. The highest BCUT2D eigenvalue weighted by Crippen LogP contribution is 2.23. The van der Waals surface area contributed by atoms with Crippen molar-refractivity contribution in [1.82, 2.24) is 9.97 Å². The fraction of sp³-hybridized carbons (Fsp3) is 0.375. The van der Waals surface area contributed by atoms with Gasteiger partial charge in [-0.25, -0.2) is 9.97 Å². The Morgan fingerprint density at radius 2 is 1.90 bits per heavy atom. The molecule has 0 aliphatic rings. The van der Waals surface area contributed by atoms with Crippen LogP contribution in [0, 0.1) is 0 Å². The zero-order valence-electron chi connectivity index (χ0n) is 12.4. The van der Waals surface area contributed by atoms with Gasteiger partial charge in [0, 0.05) is 11.6 Å². The number of nitrogens with one attached hydrogen (secondary N) is 1. The van der Waals surface area contributed by atoms with Crippen LogP contribution in [0.15, 0.2) is 30.6 Å². The largest absolute Gasteiger partial charge is 0.472 e. The molecule has 21 heavy (non-hydrogen) atoms. The monoisotopic (exact) mass is 305 g/mol. The van der Waals surface area contributed by atoms with Crippen LogP contribution in [0.3, 0.4) is 0 Å². The summed E-state index contributed by atoms with van der Waals surface area (Å²) in [6.07, 6.45) is 3.41. The number of aromatic nitrogens is 2. The maximum absolute atomic E-state index is 5.88. The molecule has 1 N–H and O–H groups in total. The van der Waals surface area contributed by atoms with Gasteiger partial charge in [0.2, 0.25) is 5.88 Å². The summed E-state index contributed by atoms with van der Waals surface area (Å²) in [5, 5.41) is 4.03. The van der Waals surface area contributed by atoms with E-state index in [4.69, 9.17) is 16.3 Å². The lowest BCUT2D eigenvalue weighted by Gasteiger charge is -2.13. The average Bonchev–Trinajstić information content (AvgIpc) is 2.52. The molecule has 2 aromatic rings. The Hall–Kier alpha value is -1.81. The van der Waals surface area contributed by atoms with Gasteiger partial charge in [-0.1, -0.05) is 37.6 Å². The van der Waals surface area contributed by atoms with Gasteiger partial charge >= 0.3 is 0 Å². The van der Waals surface area contributed by atoms with Crippen LogP contribution in [0.4, 0.5) is 5.82 Å². The van der Waals surface area contributed by atoms with E-state index in [2.05, 4.69) is 29.1 Å². The molecule has 2 rings (SSSR count). The van der Waals surface area contributed by atoms with Crippen LogP contribution in [0.25, 0.3) is 0 Å². The van der Waals surface area contributed by atoms with E-state index in [1.807, 2.05) is 24.3 Å². The Balaban J connectivity index is 2.10. The number of benzene rings is 1. The molecule has 1 aromatic carbocycles. The van der Waals surface area contributed by atoms with E-state index in [-0.39, 0.29) is 0 Å². The number of hydrogen-bond donors (Lipinski definition) is 1. The van der Waals surface area contributed by atoms with Crippen molar-refractivity contribution in [2.45, 2.75) is 33.3 Å². The van der Waals surface area contributed by atoms with E-state index in [1.165, 1.54) is 6.33 Å². The standard InChI is InChI=1S/C16H20ClN3O/c1-3-9-18-15-14(4-2)16(20-11-19-15)21-10-12-5-7-13(17)8-6-12/h5-8,11H,3-4,9-10H2,1-2H3,(H,18,19,20). The maximum atomic E-state index is 5.88. The Bertz CT molecular complexity index is 572. The maximum Gasteiger partial charge on any atom is 0.222 e. The molecule has 0 saturated carbocycles. The smallest absolute Gasteiger partial charge is 0.222 e. The second-order valence-corrected chi connectivity index (χ2v) is 5.14. The highest BCUT2D eigenvalue weighted by Gasteiger charge is 2.10. The van der Waals surface area contributed by atoms with Gasteiger partial charge in [-0.15, -0.1) is 0 Å². The van der Waals surface area contributed by atoms with Gasteiger partial charge in [-0.2, -0.15) is 0 Å². The zero-order valence-corrected chi connectivity index (χ0v) is 13.2. The minimum Gasteiger partial charge on any atom is -0.472 e. The third-order valence-corrected chi connectivity index (χ3v) is 3.34. The molecule has 0 aliphatic heterocycles. The van der Waals surface area contributed by atoms with Crippen LogP contribution in [0.2, 0.25) is 5.02 Å². The number of nitrogens with zero attached hydrogens (tertiary/aromatic N) is 2. The van der Waals surface area contributed by atoms with Crippen molar-refractivity contribution in [2.24, 2.45) is 0 Å². The van der Waals surface area contributed by atoms with Crippen molar-refractivity contribution < 1.29 is 4.74 Å². The quantitative estimate of drug-likeness (QED) is 0.837. The molecule has 1 heterocycles. The highest BCUT2D eigenvalue weighted by molar-refractivity contribution is 6.30. The summed E-state index contributed by atoms with van der Waals surface area (Å²) in [4.78, 5) is 8.55. The normalized spacial score (nSPS) is 10.4. The van der Waals surface area contributed by atoms with E-state index in [0.29, 0.717) is 12.5 Å². The van der Waals surface area contributed by atoms with Crippen LogP contribution in [-0.4, -0.2) is 16.5 Å². The first-order chi connectivity index (χ1) is 10.2. The summed E-state index contributed by atoms with van der Waals surface area (Å²) in [6.45, 7) is 5.55. The third kappa shape index (κ3) is 4.33. The molecule has 0 fully saturated rings. The third-order valence-electron chi connectivity index (χ3n) is 3.09. The summed E-state index contributed by atoms with van der Waals surface area (Å²) in [7, 11) is 0. The molecule has 0 bridgehead atoms. The van der Waals surface area contributed by atoms with Gasteiger partial charge in [0.05, 0.1) is 5.56 Å². The van der Waals surface area contributed by atoms with Crippen molar-refractivity contribution in [3.63, 3.8) is 0 Å². The lowest BCUT2D eigenvalue weighted by atomic mass is 10.2. The summed E-state index contributed by atoms with van der Waals surface area (Å²) >= 11 is 5.88. The Kier molecular flexibility index (Phi) is 5.81. The zero-order chi connectivity index (χ0) is 15.1. The number of anilines is 1. The van der Waals surface area contributed by atoms with Gasteiger partial charge in [0.1, 0.15) is 18.8 Å². The molecule has 0 aliphatic carbocycles. The molecule has 1 aromatic heterocycles. The molecule has 0 radical (unpaired) electrons. The predicted octanol–water partition coefficient (Wildman–Crippen LogP) is 4.09. The summed E-state index contributed by atoms with van der Waals surface area (Å²) in [6, 6.07) is 7.61. The first-order valence-corrected chi connectivity index (χ1v) is 7.57. The average molecular weight is 306 g/mol. The van der Waals surface area contributed by atoms with Crippen LogP contribution in [0.1, 0.15) is 31.4 Å². The number of hydrogen-bond acceptors (Lipinski definition) is 4. The number of rotatable bonds is 7. The predicted molar refractivity (Wildman–Crippen MR) is 86.0 cm³/mol. The van der Waals surface area contributed by atoms with E-state index < -0.39 is 0 Å². The van der Waals surface area contributed by atoms with Crippen LogP contribution >= 0.6 is 11.6 Å². The molecule has 5 heteroatoms. The van der Waals surface area contributed by atoms with Crippen LogP contribution < -0.4 is 10.1 Å². The van der Waals surface area contributed by atoms with Crippen molar-refractivity contribution >= 4 is 17.4 Å². The van der Waals surface area contributed by atoms with E-state index >= 15 is 0 Å². The molecule has 112 valence electrons. The fourth-order valence-corrected chi connectivity index (χ4v) is 2.09. The Morgan fingerprint density at radius 1 is 1.14 bits per heavy atom. The van der Waals surface area contributed by atoms with Crippen molar-refractivity contribution in [3.05, 3.63) is 46.7 Å². The molecule has 0 saturated heterocycles. The SMILES string of the molecule is CCCNc1ncnc(OCc2ccc(Cl)cc2)c1CC.